The van der Waals surface area contributed by atoms with Crippen LogP contribution in [0.4, 0.5) is 4.79 Å². The first-order valence-electron chi connectivity index (χ1n) is 12.0. The van der Waals surface area contributed by atoms with Crippen molar-refractivity contribution in [1.29, 1.82) is 0 Å². The molecule has 0 aromatic carbocycles. The van der Waals surface area contributed by atoms with Gasteiger partial charge in [-0.25, -0.2) is 4.79 Å². The first-order chi connectivity index (χ1) is 14.5. The Morgan fingerprint density at radius 2 is 1.90 bits per heavy atom. The summed E-state index contributed by atoms with van der Waals surface area (Å²) in [6.07, 6.45) is 17.6. The van der Waals surface area contributed by atoms with Gasteiger partial charge < -0.3 is 9.47 Å². The van der Waals surface area contributed by atoms with Crippen molar-refractivity contribution in [2.24, 2.45) is 23.2 Å². The van der Waals surface area contributed by atoms with Crippen molar-refractivity contribution in [2.75, 3.05) is 6.61 Å². The molecule has 5 rings (SSSR count). The third-order valence-corrected chi connectivity index (χ3v) is 8.56. The highest BCUT2D eigenvalue weighted by Crippen LogP contribution is 2.58. The van der Waals surface area contributed by atoms with Crippen LogP contribution in [0.5, 0.6) is 0 Å². The number of hydrogen-bond acceptors (Lipinski definition) is 4. The van der Waals surface area contributed by atoms with Crippen molar-refractivity contribution >= 4 is 11.9 Å². The standard InChI is InChI=1S/C26H34O4/c1-26-14-13-21-20-10-8-19(27)15-18(20)7-9-22(21)23(26)11-12-24(26)30-25(28)29-16-17-5-3-2-4-6-17/h13-15,17,22-24H,2-12,16H2,1H3/t22-,23+,24+,26-/m0/s1. The summed E-state index contributed by atoms with van der Waals surface area (Å²) in [6.45, 7) is 2.77. The van der Waals surface area contributed by atoms with E-state index in [1.165, 1.54) is 48.8 Å². The van der Waals surface area contributed by atoms with Crippen LogP contribution in [0.15, 0.2) is 34.9 Å². The highest BCUT2D eigenvalue weighted by atomic mass is 16.7. The minimum atomic E-state index is -0.482. The zero-order valence-corrected chi connectivity index (χ0v) is 18.2. The molecule has 4 atom stereocenters. The van der Waals surface area contributed by atoms with Gasteiger partial charge in [0.1, 0.15) is 6.10 Å². The molecule has 0 amide bonds. The van der Waals surface area contributed by atoms with Crippen molar-refractivity contribution in [3.05, 3.63) is 34.9 Å². The summed E-state index contributed by atoms with van der Waals surface area (Å²) in [5.41, 5.74) is 4.01. The van der Waals surface area contributed by atoms with Crippen LogP contribution >= 0.6 is 0 Å². The molecule has 162 valence electrons. The zero-order chi connectivity index (χ0) is 20.7. The van der Waals surface area contributed by atoms with Crippen LogP contribution in [-0.4, -0.2) is 24.6 Å². The van der Waals surface area contributed by atoms with E-state index in [0.29, 0.717) is 30.8 Å². The Bertz CT molecular complexity index is 813. The van der Waals surface area contributed by atoms with Gasteiger partial charge in [-0.3, -0.25) is 4.79 Å². The molecule has 5 aliphatic carbocycles. The predicted octanol–water partition coefficient (Wildman–Crippen LogP) is 6.07. The Hall–Kier alpha value is -1.84. The molecule has 0 unspecified atom stereocenters. The zero-order valence-electron chi connectivity index (χ0n) is 18.2. The second-order valence-electron chi connectivity index (χ2n) is 10.3. The van der Waals surface area contributed by atoms with E-state index < -0.39 is 6.16 Å². The maximum atomic E-state index is 12.4. The Labute approximate surface area is 179 Å². The number of carbonyl (C=O) groups excluding carboxylic acids is 2. The summed E-state index contributed by atoms with van der Waals surface area (Å²) in [5.74, 6) is 1.81. The molecule has 0 spiro atoms. The number of carbonyl (C=O) groups is 2. The predicted molar refractivity (Wildman–Crippen MR) is 115 cm³/mol. The van der Waals surface area contributed by atoms with E-state index in [4.69, 9.17) is 9.47 Å². The molecule has 2 fully saturated rings. The number of rotatable bonds is 3. The fourth-order valence-electron chi connectivity index (χ4n) is 6.85. The second-order valence-corrected chi connectivity index (χ2v) is 10.3. The third kappa shape index (κ3) is 3.56. The van der Waals surface area contributed by atoms with Crippen molar-refractivity contribution in [3.63, 3.8) is 0 Å². The first kappa shape index (κ1) is 20.1. The molecule has 5 aliphatic rings. The van der Waals surface area contributed by atoms with E-state index in [9.17, 15) is 9.59 Å². The molecule has 0 N–H and O–H groups in total. The lowest BCUT2D eigenvalue weighted by molar-refractivity contribution is -0.114. The van der Waals surface area contributed by atoms with E-state index in [1.807, 2.05) is 6.08 Å². The lowest BCUT2D eigenvalue weighted by Crippen LogP contribution is -2.41. The van der Waals surface area contributed by atoms with Gasteiger partial charge in [0, 0.05) is 11.8 Å². The van der Waals surface area contributed by atoms with Gasteiger partial charge in [0.2, 0.25) is 0 Å². The summed E-state index contributed by atoms with van der Waals surface area (Å²) in [5, 5.41) is 0. The molecule has 0 bridgehead atoms. The third-order valence-electron chi connectivity index (χ3n) is 8.56. The van der Waals surface area contributed by atoms with Crippen LogP contribution in [0.25, 0.3) is 0 Å². The molecule has 4 heteroatoms. The first-order valence-corrected chi connectivity index (χ1v) is 12.0. The largest absolute Gasteiger partial charge is 0.508 e. The van der Waals surface area contributed by atoms with Crippen molar-refractivity contribution in [3.8, 4) is 0 Å². The maximum absolute atomic E-state index is 12.4. The van der Waals surface area contributed by atoms with E-state index in [-0.39, 0.29) is 17.3 Å². The van der Waals surface area contributed by atoms with Gasteiger partial charge in [0.25, 0.3) is 0 Å². The fraction of sp³-hybridized carbons (Fsp3) is 0.692. The molecule has 0 saturated heterocycles. The fourth-order valence-corrected chi connectivity index (χ4v) is 6.85. The van der Waals surface area contributed by atoms with E-state index in [1.54, 1.807) is 0 Å². The Balaban J connectivity index is 1.28. The average molecular weight is 411 g/mol. The lowest BCUT2D eigenvalue weighted by atomic mass is 9.60. The van der Waals surface area contributed by atoms with Gasteiger partial charge in [-0.05, 0) is 85.5 Å². The van der Waals surface area contributed by atoms with Crippen LogP contribution in [0.3, 0.4) is 0 Å². The van der Waals surface area contributed by atoms with Gasteiger partial charge in [0.05, 0.1) is 6.61 Å². The van der Waals surface area contributed by atoms with Crippen molar-refractivity contribution in [2.45, 2.75) is 83.7 Å². The second kappa shape index (κ2) is 8.01. The summed E-state index contributed by atoms with van der Waals surface area (Å²) in [6, 6.07) is 0. The van der Waals surface area contributed by atoms with Crippen LogP contribution < -0.4 is 0 Å². The molecule has 0 radical (unpaired) electrons. The van der Waals surface area contributed by atoms with Crippen LogP contribution in [0.1, 0.15) is 77.6 Å². The number of ketones is 1. The van der Waals surface area contributed by atoms with E-state index in [2.05, 4.69) is 19.1 Å². The van der Waals surface area contributed by atoms with Gasteiger partial charge in [-0.1, -0.05) is 38.3 Å². The Kier molecular flexibility index (Phi) is 5.37. The van der Waals surface area contributed by atoms with Crippen molar-refractivity contribution in [1.82, 2.24) is 0 Å². The van der Waals surface area contributed by atoms with Gasteiger partial charge in [-0.15, -0.1) is 0 Å². The number of hydrogen-bond donors (Lipinski definition) is 0. The quantitative estimate of drug-likeness (QED) is 0.530. The minimum absolute atomic E-state index is 0.103. The topological polar surface area (TPSA) is 52.6 Å². The molecule has 0 aromatic heterocycles. The molecule has 0 heterocycles. The molecule has 2 saturated carbocycles. The summed E-state index contributed by atoms with van der Waals surface area (Å²) < 4.78 is 11.4. The number of ether oxygens (including phenoxy) is 2. The van der Waals surface area contributed by atoms with E-state index in [0.717, 1.165) is 32.1 Å². The molecule has 0 aromatic rings. The van der Waals surface area contributed by atoms with Gasteiger partial charge >= 0.3 is 6.16 Å². The van der Waals surface area contributed by atoms with Crippen molar-refractivity contribution < 1.29 is 19.1 Å². The number of allylic oxidation sites excluding steroid dienone is 5. The van der Waals surface area contributed by atoms with E-state index >= 15 is 0 Å². The molecule has 30 heavy (non-hydrogen) atoms. The van der Waals surface area contributed by atoms with Crippen LogP contribution in [0, 0.1) is 23.2 Å². The van der Waals surface area contributed by atoms with Crippen LogP contribution in [-0.2, 0) is 14.3 Å². The smallest absolute Gasteiger partial charge is 0.434 e. The number of fused-ring (bicyclic) bond motifs is 4. The van der Waals surface area contributed by atoms with Gasteiger partial charge in [-0.2, -0.15) is 0 Å². The maximum Gasteiger partial charge on any atom is 0.508 e. The normalized spacial score (nSPS) is 36.0. The highest BCUT2D eigenvalue weighted by molar-refractivity contribution is 5.93. The lowest BCUT2D eigenvalue weighted by Gasteiger charge is -2.45. The van der Waals surface area contributed by atoms with Gasteiger partial charge in [0.15, 0.2) is 5.78 Å². The molecule has 0 aliphatic heterocycles. The van der Waals surface area contributed by atoms with Crippen LogP contribution in [0.2, 0.25) is 0 Å². The monoisotopic (exact) mass is 410 g/mol. The summed E-state index contributed by atoms with van der Waals surface area (Å²) in [7, 11) is 0. The highest BCUT2D eigenvalue weighted by Gasteiger charge is 2.53. The molecular weight excluding hydrogens is 376 g/mol. The Morgan fingerprint density at radius 3 is 2.73 bits per heavy atom. The molecule has 4 nitrogen and oxygen atoms in total. The summed E-state index contributed by atoms with van der Waals surface area (Å²) in [4.78, 5) is 24.3. The molecular formula is C26H34O4. The Morgan fingerprint density at radius 1 is 1.07 bits per heavy atom. The average Bonchev–Trinajstić information content (AvgIpc) is 3.09. The summed E-state index contributed by atoms with van der Waals surface area (Å²) >= 11 is 0. The SMILES string of the molecule is C[C@]12C=CC3=C4CCC(=O)C=C4CC[C@@H]3[C@H]1CC[C@H]2OC(=O)OCC1CCCCC1. The minimum Gasteiger partial charge on any atom is -0.434 e.